The number of piperazine rings is 1. The molecule has 1 aliphatic rings. The van der Waals surface area contributed by atoms with Crippen molar-refractivity contribution in [1.29, 1.82) is 0 Å². The van der Waals surface area contributed by atoms with Crippen LogP contribution in [0.3, 0.4) is 0 Å². The second kappa shape index (κ2) is 16.3. The SMILES string of the molecule is COc1ccc(CN2CCN(c3ccccc3)CC2)c(OCCCCCCC(=O)O)c1OC.Cl.Cl. The van der Waals surface area contributed by atoms with E-state index in [1.165, 1.54) is 5.69 Å². The number of carboxylic acids is 1. The first-order chi connectivity index (χ1) is 16.1. The molecule has 9 heteroatoms. The van der Waals surface area contributed by atoms with Crippen LogP contribution in [0, 0.1) is 0 Å². The average molecular weight is 530 g/mol. The number of ether oxygens (including phenoxy) is 3. The molecule has 0 aliphatic carbocycles. The maximum atomic E-state index is 10.6. The zero-order valence-corrected chi connectivity index (χ0v) is 22.2. The minimum absolute atomic E-state index is 0. The van der Waals surface area contributed by atoms with Gasteiger partial charge < -0.3 is 24.2 Å². The molecule has 1 fully saturated rings. The van der Waals surface area contributed by atoms with Gasteiger partial charge in [0.05, 0.1) is 20.8 Å². The van der Waals surface area contributed by atoms with E-state index in [0.717, 1.165) is 63.3 Å². The number of anilines is 1. The number of unbranched alkanes of at least 4 members (excludes halogenated alkanes) is 3. The highest BCUT2D eigenvalue weighted by atomic mass is 35.5. The van der Waals surface area contributed by atoms with Crippen LogP contribution in [0.5, 0.6) is 17.2 Å². The maximum Gasteiger partial charge on any atom is 0.303 e. The fraction of sp³-hybridized carbons (Fsp3) is 0.500. The van der Waals surface area contributed by atoms with Crippen LogP contribution < -0.4 is 19.1 Å². The van der Waals surface area contributed by atoms with Crippen LogP contribution in [0.15, 0.2) is 42.5 Å². The summed E-state index contributed by atoms with van der Waals surface area (Å²) in [5.41, 5.74) is 2.36. The van der Waals surface area contributed by atoms with Crippen molar-refractivity contribution in [2.45, 2.75) is 38.6 Å². The molecule has 0 spiro atoms. The van der Waals surface area contributed by atoms with Gasteiger partial charge in [-0.05, 0) is 31.0 Å². The number of para-hydroxylation sites is 1. The van der Waals surface area contributed by atoms with Gasteiger partial charge in [-0.1, -0.05) is 37.1 Å². The summed E-state index contributed by atoms with van der Waals surface area (Å²) in [5.74, 6) is 1.30. The van der Waals surface area contributed by atoms with Gasteiger partial charge in [0.15, 0.2) is 11.5 Å². The van der Waals surface area contributed by atoms with E-state index >= 15 is 0 Å². The Labute approximate surface area is 221 Å². The molecule has 2 aromatic carbocycles. The topological polar surface area (TPSA) is 71.5 Å². The van der Waals surface area contributed by atoms with Gasteiger partial charge in [0.2, 0.25) is 5.75 Å². The minimum atomic E-state index is -0.735. The van der Waals surface area contributed by atoms with Crippen LogP contribution in [-0.2, 0) is 11.3 Å². The second-order valence-corrected chi connectivity index (χ2v) is 8.29. The Kier molecular flexibility index (Phi) is 14.3. The van der Waals surface area contributed by atoms with Crippen molar-refractivity contribution in [2.75, 3.05) is 51.9 Å². The number of benzene rings is 2. The lowest BCUT2D eigenvalue weighted by Crippen LogP contribution is -2.46. The standard InChI is InChI=1S/C26H36N2O5.2ClH/c1-31-23-14-13-21(20-27-15-17-28(18-16-27)22-10-6-5-7-11-22)25(26(23)32-2)33-19-9-4-3-8-12-24(29)30;;/h5-7,10-11,13-14H,3-4,8-9,12,15-20H2,1-2H3,(H,29,30);2*1H. The van der Waals surface area contributed by atoms with E-state index in [4.69, 9.17) is 19.3 Å². The molecule has 35 heavy (non-hydrogen) atoms. The summed E-state index contributed by atoms with van der Waals surface area (Å²) >= 11 is 0. The summed E-state index contributed by atoms with van der Waals surface area (Å²) in [5, 5.41) is 8.75. The molecule has 0 atom stereocenters. The lowest BCUT2D eigenvalue weighted by molar-refractivity contribution is -0.137. The fourth-order valence-corrected chi connectivity index (χ4v) is 4.17. The molecule has 1 aliphatic heterocycles. The zero-order valence-electron chi connectivity index (χ0n) is 20.6. The second-order valence-electron chi connectivity index (χ2n) is 8.29. The largest absolute Gasteiger partial charge is 0.493 e. The Morgan fingerprint density at radius 1 is 0.857 bits per heavy atom. The quantitative estimate of drug-likeness (QED) is 0.354. The molecule has 0 bridgehead atoms. The monoisotopic (exact) mass is 528 g/mol. The lowest BCUT2D eigenvalue weighted by Gasteiger charge is -2.36. The van der Waals surface area contributed by atoms with E-state index in [0.29, 0.717) is 24.5 Å². The first kappa shape index (κ1) is 30.7. The number of aliphatic carboxylic acids is 1. The van der Waals surface area contributed by atoms with Crippen LogP contribution in [0.25, 0.3) is 0 Å². The summed E-state index contributed by atoms with van der Waals surface area (Å²) in [4.78, 5) is 15.5. The number of nitrogens with zero attached hydrogens (tertiary/aromatic N) is 2. The van der Waals surface area contributed by atoms with Crippen molar-refractivity contribution in [1.82, 2.24) is 4.90 Å². The Hall–Kier alpha value is -2.35. The van der Waals surface area contributed by atoms with Crippen LogP contribution in [0.4, 0.5) is 5.69 Å². The third kappa shape index (κ3) is 9.32. The van der Waals surface area contributed by atoms with Crippen molar-refractivity contribution in [3.8, 4) is 17.2 Å². The highest BCUT2D eigenvalue weighted by Gasteiger charge is 2.22. The highest BCUT2D eigenvalue weighted by Crippen LogP contribution is 2.40. The number of rotatable bonds is 13. The molecule has 2 aromatic rings. The molecule has 0 unspecified atom stereocenters. The summed E-state index contributed by atoms with van der Waals surface area (Å²) in [6, 6.07) is 14.5. The third-order valence-electron chi connectivity index (χ3n) is 6.00. The molecule has 0 saturated carbocycles. The van der Waals surface area contributed by atoms with Gasteiger partial charge in [-0.3, -0.25) is 9.69 Å². The molecule has 1 saturated heterocycles. The van der Waals surface area contributed by atoms with E-state index in [1.54, 1.807) is 14.2 Å². The van der Waals surface area contributed by atoms with Crippen LogP contribution in [0.2, 0.25) is 0 Å². The molecule has 1 N–H and O–H groups in total. The van der Waals surface area contributed by atoms with Crippen molar-refractivity contribution >= 4 is 36.5 Å². The van der Waals surface area contributed by atoms with E-state index in [1.807, 2.05) is 6.07 Å². The number of hydrogen-bond donors (Lipinski definition) is 1. The average Bonchev–Trinajstić information content (AvgIpc) is 2.84. The smallest absolute Gasteiger partial charge is 0.303 e. The van der Waals surface area contributed by atoms with Gasteiger partial charge in [-0.15, -0.1) is 24.8 Å². The molecule has 0 radical (unpaired) electrons. The van der Waals surface area contributed by atoms with E-state index in [9.17, 15) is 4.79 Å². The van der Waals surface area contributed by atoms with Gasteiger partial charge in [0.1, 0.15) is 0 Å². The number of hydrogen-bond acceptors (Lipinski definition) is 6. The number of methoxy groups -OCH3 is 2. The van der Waals surface area contributed by atoms with Crippen LogP contribution in [0.1, 0.15) is 37.7 Å². The summed E-state index contributed by atoms with van der Waals surface area (Å²) in [7, 11) is 3.27. The van der Waals surface area contributed by atoms with Gasteiger partial charge in [-0.2, -0.15) is 0 Å². The Bertz CT molecular complexity index is 878. The first-order valence-corrected chi connectivity index (χ1v) is 11.7. The molecule has 0 aromatic heterocycles. The van der Waals surface area contributed by atoms with E-state index in [2.05, 4.69) is 46.2 Å². The molecular formula is C26H38Cl2N2O5. The Morgan fingerprint density at radius 3 is 2.17 bits per heavy atom. The van der Waals surface area contributed by atoms with Gasteiger partial charge in [0, 0.05) is 50.4 Å². The van der Waals surface area contributed by atoms with Crippen molar-refractivity contribution in [2.24, 2.45) is 0 Å². The highest BCUT2D eigenvalue weighted by molar-refractivity contribution is 5.85. The fourth-order valence-electron chi connectivity index (χ4n) is 4.17. The molecular weight excluding hydrogens is 491 g/mol. The maximum absolute atomic E-state index is 10.6. The predicted octanol–water partition coefficient (Wildman–Crippen LogP) is 5.28. The van der Waals surface area contributed by atoms with E-state index in [-0.39, 0.29) is 31.2 Å². The van der Waals surface area contributed by atoms with Gasteiger partial charge in [-0.25, -0.2) is 0 Å². The number of halogens is 2. The van der Waals surface area contributed by atoms with E-state index < -0.39 is 5.97 Å². The van der Waals surface area contributed by atoms with Gasteiger partial charge >= 0.3 is 5.97 Å². The molecule has 1 heterocycles. The summed E-state index contributed by atoms with van der Waals surface area (Å²) in [6.07, 6.45) is 3.64. The molecule has 3 rings (SSSR count). The molecule has 7 nitrogen and oxygen atoms in total. The lowest BCUT2D eigenvalue weighted by atomic mass is 10.1. The van der Waals surface area contributed by atoms with Crippen molar-refractivity contribution < 1.29 is 24.1 Å². The zero-order chi connectivity index (χ0) is 23.5. The molecule has 196 valence electrons. The summed E-state index contributed by atoms with van der Waals surface area (Å²) < 4.78 is 17.3. The van der Waals surface area contributed by atoms with Gasteiger partial charge in [0.25, 0.3) is 0 Å². The van der Waals surface area contributed by atoms with Crippen LogP contribution >= 0.6 is 24.8 Å². The Morgan fingerprint density at radius 2 is 1.54 bits per heavy atom. The third-order valence-corrected chi connectivity index (χ3v) is 6.00. The Balaban J connectivity index is 0.00000306. The summed E-state index contributed by atoms with van der Waals surface area (Å²) in [6.45, 7) is 5.29. The van der Waals surface area contributed by atoms with Crippen LogP contribution in [-0.4, -0.2) is 63.0 Å². The first-order valence-electron chi connectivity index (χ1n) is 11.7. The number of carbonyl (C=O) groups is 1. The normalized spacial score (nSPS) is 13.4. The van der Waals surface area contributed by atoms with Crippen molar-refractivity contribution in [3.05, 3.63) is 48.0 Å². The van der Waals surface area contributed by atoms with Crippen molar-refractivity contribution in [3.63, 3.8) is 0 Å². The molecule has 0 amide bonds. The predicted molar refractivity (Wildman–Crippen MR) is 144 cm³/mol. The minimum Gasteiger partial charge on any atom is -0.493 e. The number of carboxylic acid groups (broad SMARTS) is 1.